The van der Waals surface area contributed by atoms with E-state index in [1.54, 1.807) is 0 Å². The Morgan fingerprint density at radius 1 is 1.24 bits per heavy atom. The molecule has 21 heavy (non-hydrogen) atoms. The normalized spacial score (nSPS) is 14.1. The van der Waals surface area contributed by atoms with Crippen molar-refractivity contribution < 1.29 is 0 Å². The first-order valence-corrected chi connectivity index (χ1v) is 7.76. The Balaban J connectivity index is 1.79. The average Bonchev–Trinajstić information content (AvgIpc) is 2.52. The summed E-state index contributed by atoms with van der Waals surface area (Å²) < 4.78 is 0. The highest BCUT2D eigenvalue weighted by Crippen LogP contribution is 2.25. The molecule has 0 aliphatic carbocycles. The lowest BCUT2D eigenvalue weighted by molar-refractivity contribution is 0.708. The first kappa shape index (κ1) is 14.1. The van der Waals surface area contributed by atoms with Crippen molar-refractivity contribution in [2.75, 3.05) is 18.0 Å². The van der Waals surface area contributed by atoms with Crippen LogP contribution in [0.2, 0.25) is 0 Å². The molecular weight excluding hydrogens is 258 g/mol. The van der Waals surface area contributed by atoms with Gasteiger partial charge >= 0.3 is 0 Å². The second kappa shape index (κ2) is 6.27. The average molecular weight is 281 g/mol. The van der Waals surface area contributed by atoms with E-state index in [2.05, 4.69) is 54.4 Å². The van der Waals surface area contributed by atoms with Gasteiger partial charge in [0.2, 0.25) is 0 Å². The molecule has 0 bridgehead atoms. The molecule has 1 N–H and O–H groups in total. The number of benzene rings is 1. The van der Waals surface area contributed by atoms with Crippen LogP contribution in [-0.2, 0) is 19.5 Å². The molecule has 0 saturated heterocycles. The fourth-order valence-electron chi connectivity index (χ4n) is 3.00. The molecule has 1 aliphatic rings. The minimum absolute atomic E-state index is 0.896. The molecular formula is C18H23N3. The van der Waals surface area contributed by atoms with Gasteiger partial charge in [0.25, 0.3) is 0 Å². The highest BCUT2D eigenvalue weighted by molar-refractivity contribution is 5.50. The van der Waals surface area contributed by atoms with Gasteiger partial charge in [-0.05, 0) is 48.2 Å². The van der Waals surface area contributed by atoms with E-state index >= 15 is 0 Å². The number of hydrogen-bond donors (Lipinski definition) is 1. The SMILES string of the molecule is CCNCc1cnc(N2CCc3ccccc3C2)c(C)c1. The van der Waals surface area contributed by atoms with E-state index < -0.39 is 0 Å². The Hall–Kier alpha value is -1.87. The van der Waals surface area contributed by atoms with Gasteiger partial charge in [-0.1, -0.05) is 31.2 Å². The van der Waals surface area contributed by atoms with Crippen molar-refractivity contribution in [2.24, 2.45) is 0 Å². The maximum Gasteiger partial charge on any atom is 0.131 e. The van der Waals surface area contributed by atoms with Gasteiger partial charge < -0.3 is 10.2 Å². The van der Waals surface area contributed by atoms with Crippen molar-refractivity contribution >= 4 is 5.82 Å². The smallest absolute Gasteiger partial charge is 0.131 e. The summed E-state index contributed by atoms with van der Waals surface area (Å²) in [5, 5.41) is 3.35. The van der Waals surface area contributed by atoms with Crippen LogP contribution < -0.4 is 10.2 Å². The summed E-state index contributed by atoms with van der Waals surface area (Å²) in [6, 6.07) is 11.0. The quantitative estimate of drug-likeness (QED) is 0.933. The molecule has 1 aromatic heterocycles. The number of anilines is 1. The van der Waals surface area contributed by atoms with Gasteiger partial charge in [0.05, 0.1) is 0 Å². The van der Waals surface area contributed by atoms with Crippen LogP contribution in [0.5, 0.6) is 0 Å². The molecule has 0 unspecified atom stereocenters. The van der Waals surface area contributed by atoms with Crippen molar-refractivity contribution in [3.05, 3.63) is 58.8 Å². The lowest BCUT2D eigenvalue weighted by Crippen LogP contribution is -2.31. The van der Waals surface area contributed by atoms with Crippen molar-refractivity contribution in [1.82, 2.24) is 10.3 Å². The van der Waals surface area contributed by atoms with E-state index in [-0.39, 0.29) is 0 Å². The van der Waals surface area contributed by atoms with Crippen LogP contribution in [0.25, 0.3) is 0 Å². The Kier molecular flexibility index (Phi) is 4.20. The lowest BCUT2D eigenvalue weighted by atomic mass is 9.99. The van der Waals surface area contributed by atoms with Crippen molar-refractivity contribution in [3.8, 4) is 0 Å². The molecule has 0 atom stereocenters. The summed E-state index contributed by atoms with van der Waals surface area (Å²) >= 11 is 0. The van der Waals surface area contributed by atoms with Gasteiger partial charge in [-0.3, -0.25) is 0 Å². The number of nitrogens with one attached hydrogen (secondary N) is 1. The van der Waals surface area contributed by atoms with E-state index in [4.69, 9.17) is 4.98 Å². The second-order valence-corrected chi connectivity index (χ2v) is 5.70. The molecule has 0 fully saturated rings. The largest absolute Gasteiger partial charge is 0.352 e. The van der Waals surface area contributed by atoms with Crippen LogP contribution in [0, 0.1) is 6.92 Å². The lowest BCUT2D eigenvalue weighted by Gasteiger charge is -2.31. The Labute approximate surface area is 127 Å². The van der Waals surface area contributed by atoms with Gasteiger partial charge in [-0.15, -0.1) is 0 Å². The number of pyridine rings is 1. The molecule has 110 valence electrons. The molecule has 3 heteroatoms. The third-order valence-electron chi connectivity index (χ3n) is 4.12. The first-order chi connectivity index (χ1) is 10.3. The van der Waals surface area contributed by atoms with E-state index in [1.807, 2.05) is 6.20 Å². The van der Waals surface area contributed by atoms with Crippen molar-refractivity contribution in [3.63, 3.8) is 0 Å². The summed E-state index contributed by atoms with van der Waals surface area (Å²) in [5.74, 6) is 1.13. The number of rotatable bonds is 4. The zero-order valence-electron chi connectivity index (χ0n) is 12.9. The fraction of sp³-hybridized carbons (Fsp3) is 0.389. The molecule has 1 aliphatic heterocycles. The molecule has 0 radical (unpaired) electrons. The van der Waals surface area contributed by atoms with E-state index in [0.717, 1.165) is 38.4 Å². The van der Waals surface area contributed by atoms with Crippen molar-refractivity contribution in [1.29, 1.82) is 0 Å². The molecule has 0 spiro atoms. The third kappa shape index (κ3) is 3.08. The molecule has 1 aromatic carbocycles. The summed E-state index contributed by atoms with van der Waals surface area (Å²) in [6.07, 6.45) is 3.11. The van der Waals surface area contributed by atoms with Crippen molar-refractivity contribution in [2.45, 2.75) is 33.4 Å². The fourth-order valence-corrected chi connectivity index (χ4v) is 3.00. The molecule has 3 nitrogen and oxygen atoms in total. The predicted molar refractivity (Wildman–Crippen MR) is 87.6 cm³/mol. The number of aromatic nitrogens is 1. The molecule has 0 amide bonds. The molecule has 3 rings (SSSR count). The summed E-state index contributed by atoms with van der Waals surface area (Å²) in [5.41, 5.74) is 5.44. The first-order valence-electron chi connectivity index (χ1n) is 7.76. The number of hydrogen-bond acceptors (Lipinski definition) is 3. The van der Waals surface area contributed by atoms with E-state index in [1.165, 1.54) is 22.3 Å². The Morgan fingerprint density at radius 3 is 2.81 bits per heavy atom. The van der Waals surface area contributed by atoms with E-state index in [0.29, 0.717) is 0 Å². The molecule has 2 aromatic rings. The van der Waals surface area contributed by atoms with Crippen LogP contribution in [0.4, 0.5) is 5.82 Å². The van der Waals surface area contributed by atoms with Gasteiger partial charge in [0.15, 0.2) is 0 Å². The van der Waals surface area contributed by atoms with Crippen LogP contribution in [-0.4, -0.2) is 18.1 Å². The van der Waals surface area contributed by atoms with Gasteiger partial charge in [0, 0.05) is 25.8 Å². The maximum atomic E-state index is 4.71. The van der Waals surface area contributed by atoms with Gasteiger partial charge in [-0.25, -0.2) is 4.98 Å². The van der Waals surface area contributed by atoms with Crippen LogP contribution in [0.15, 0.2) is 36.5 Å². The highest BCUT2D eigenvalue weighted by atomic mass is 15.2. The molecule has 2 heterocycles. The highest BCUT2D eigenvalue weighted by Gasteiger charge is 2.18. The number of aryl methyl sites for hydroxylation is 1. The summed E-state index contributed by atoms with van der Waals surface area (Å²) in [4.78, 5) is 7.11. The predicted octanol–water partition coefficient (Wildman–Crippen LogP) is 3.06. The van der Waals surface area contributed by atoms with Gasteiger partial charge in [0.1, 0.15) is 5.82 Å². The van der Waals surface area contributed by atoms with Gasteiger partial charge in [-0.2, -0.15) is 0 Å². The standard InChI is InChI=1S/C18H23N3/c1-3-19-11-15-10-14(2)18(20-12-15)21-9-8-16-6-4-5-7-17(16)13-21/h4-7,10,12,19H,3,8-9,11,13H2,1-2H3. The monoisotopic (exact) mass is 281 g/mol. The number of nitrogens with zero attached hydrogens (tertiary/aromatic N) is 2. The zero-order chi connectivity index (χ0) is 14.7. The van der Waals surface area contributed by atoms with Crippen LogP contribution >= 0.6 is 0 Å². The minimum Gasteiger partial charge on any atom is -0.352 e. The summed E-state index contributed by atoms with van der Waals surface area (Å²) in [7, 11) is 0. The Morgan fingerprint density at radius 2 is 2.05 bits per heavy atom. The second-order valence-electron chi connectivity index (χ2n) is 5.70. The summed E-state index contributed by atoms with van der Waals surface area (Å²) in [6.45, 7) is 8.20. The topological polar surface area (TPSA) is 28.2 Å². The Bertz CT molecular complexity index is 622. The third-order valence-corrected chi connectivity index (χ3v) is 4.12. The maximum absolute atomic E-state index is 4.71. The van der Waals surface area contributed by atoms with Crippen LogP contribution in [0.1, 0.15) is 29.2 Å². The zero-order valence-corrected chi connectivity index (χ0v) is 12.9. The molecule has 0 saturated carbocycles. The number of fused-ring (bicyclic) bond motifs is 1. The van der Waals surface area contributed by atoms with E-state index in [9.17, 15) is 0 Å². The minimum atomic E-state index is 0.896. The van der Waals surface area contributed by atoms with Crippen LogP contribution in [0.3, 0.4) is 0 Å².